The van der Waals surface area contributed by atoms with Crippen molar-refractivity contribution in [2.75, 3.05) is 6.54 Å². The predicted molar refractivity (Wildman–Crippen MR) is 59.2 cm³/mol. The van der Waals surface area contributed by atoms with E-state index in [9.17, 15) is 0 Å². The maximum Gasteiger partial charge on any atom is 0.0638 e. The average Bonchev–Trinajstić information content (AvgIpc) is 2.63. The van der Waals surface area contributed by atoms with Gasteiger partial charge in [-0.05, 0) is 12.5 Å². The molecular formula is C11H18N4. The molecule has 0 spiro atoms. The molecule has 4 nitrogen and oxygen atoms in total. The summed E-state index contributed by atoms with van der Waals surface area (Å²) >= 11 is 0. The molecular weight excluding hydrogens is 188 g/mol. The highest BCUT2D eigenvalue weighted by Gasteiger charge is 2.04. The second kappa shape index (κ2) is 6.20. The van der Waals surface area contributed by atoms with Gasteiger partial charge in [-0.2, -0.15) is 10.4 Å². The fourth-order valence-electron chi connectivity index (χ4n) is 1.47. The second-order valence-corrected chi connectivity index (χ2v) is 3.65. The van der Waals surface area contributed by atoms with Crippen LogP contribution in [0.4, 0.5) is 0 Å². The summed E-state index contributed by atoms with van der Waals surface area (Å²) in [6.07, 6.45) is 4.44. The molecule has 15 heavy (non-hydrogen) atoms. The second-order valence-electron chi connectivity index (χ2n) is 3.65. The number of nitrogens with zero attached hydrogens (tertiary/aromatic N) is 3. The molecule has 4 heteroatoms. The van der Waals surface area contributed by atoms with Gasteiger partial charge in [-0.15, -0.1) is 0 Å². The van der Waals surface area contributed by atoms with Crippen molar-refractivity contribution in [3.8, 4) is 6.07 Å². The lowest BCUT2D eigenvalue weighted by atomic mass is 10.1. The van der Waals surface area contributed by atoms with Crippen LogP contribution in [0.2, 0.25) is 0 Å². The van der Waals surface area contributed by atoms with E-state index in [0.29, 0.717) is 12.5 Å². The van der Waals surface area contributed by atoms with E-state index in [0.717, 1.165) is 25.1 Å². The summed E-state index contributed by atoms with van der Waals surface area (Å²) in [4.78, 5) is 0. The van der Waals surface area contributed by atoms with Gasteiger partial charge in [0.05, 0.1) is 18.2 Å². The molecule has 1 heterocycles. The van der Waals surface area contributed by atoms with Gasteiger partial charge < -0.3 is 5.32 Å². The first-order chi connectivity index (χ1) is 7.26. The van der Waals surface area contributed by atoms with Gasteiger partial charge in [0, 0.05) is 32.3 Å². The summed E-state index contributed by atoms with van der Waals surface area (Å²) in [7, 11) is 1.92. The zero-order valence-corrected chi connectivity index (χ0v) is 9.40. The van der Waals surface area contributed by atoms with Crippen molar-refractivity contribution in [3.05, 3.63) is 18.0 Å². The van der Waals surface area contributed by atoms with E-state index in [-0.39, 0.29) is 0 Å². The highest BCUT2D eigenvalue weighted by atomic mass is 15.2. The number of rotatable bonds is 6. The number of nitriles is 1. The van der Waals surface area contributed by atoms with Crippen LogP contribution < -0.4 is 5.32 Å². The third-order valence-electron chi connectivity index (χ3n) is 2.41. The highest BCUT2D eigenvalue weighted by Crippen LogP contribution is 1.98. The monoisotopic (exact) mass is 206 g/mol. The Morgan fingerprint density at radius 3 is 3.00 bits per heavy atom. The van der Waals surface area contributed by atoms with Gasteiger partial charge in [0.1, 0.15) is 0 Å². The Kier molecular flexibility index (Phi) is 4.85. The van der Waals surface area contributed by atoms with Crippen LogP contribution in [-0.2, 0) is 13.5 Å². The quantitative estimate of drug-likeness (QED) is 0.762. The molecule has 1 atom stereocenters. The van der Waals surface area contributed by atoms with Crippen LogP contribution >= 0.6 is 0 Å². The van der Waals surface area contributed by atoms with Gasteiger partial charge in [0.2, 0.25) is 0 Å². The van der Waals surface area contributed by atoms with Crippen LogP contribution in [0.5, 0.6) is 0 Å². The van der Waals surface area contributed by atoms with Gasteiger partial charge in [-0.1, -0.05) is 6.92 Å². The molecule has 1 aromatic heterocycles. The van der Waals surface area contributed by atoms with Gasteiger partial charge in [0.15, 0.2) is 0 Å². The molecule has 0 bridgehead atoms. The molecule has 1 aromatic rings. The minimum atomic E-state index is 0.318. The molecule has 82 valence electrons. The van der Waals surface area contributed by atoms with Crippen molar-refractivity contribution >= 4 is 0 Å². The lowest BCUT2D eigenvalue weighted by Gasteiger charge is -2.12. The Bertz CT molecular complexity index is 324. The number of hydrogen-bond donors (Lipinski definition) is 1. The molecule has 1 unspecified atom stereocenters. The predicted octanol–water partition coefficient (Wildman–Crippen LogP) is 1.24. The SMILES string of the molecule is CCC(CC#N)NCCc1ccn(C)n1. The lowest BCUT2D eigenvalue weighted by Crippen LogP contribution is -2.29. The number of aromatic nitrogens is 2. The van der Waals surface area contributed by atoms with Crippen LogP contribution in [0.1, 0.15) is 25.5 Å². The molecule has 0 saturated heterocycles. The molecule has 0 saturated carbocycles. The van der Waals surface area contributed by atoms with Gasteiger partial charge in [0.25, 0.3) is 0 Å². The van der Waals surface area contributed by atoms with Crippen molar-refractivity contribution in [1.82, 2.24) is 15.1 Å². The van der Waals surface area contributed by atoms with Gasteiger partial charge in [-0.25, -0.2) is 0 Å². The van der Waals surface area contributed by atoms with Crippen molar-refractivity contribution in [2.24, 2.45) is 7.05 Å². The van der Waals surface area contributed by atoms with Gasteiger partial charge in [-0.3, -0.25) is 4.68 Å². The third kappa shape index (κ3) is 4.13. The Morgan fingerprint density at radius 1 is 1.67 bits per heavy atom. The van der Waals surface area contributed by atoms with Gasteiger partial charge >= 0.3 is 0 Å². The molecule has 0 aliphatic carbocycles. The topological polar surface area (TPSA) is 53.6 Å². The van der Waals surface area contributed by atoms with Crippen molar-refractivity contribution in [1.29, 1.82) is 5.26 Å². The summed E-state index contributed by atoms with van der Waals surface area (Å²) in [6, 6.07) is 4.53. The zero-order chi connectivity index (χ0) is 11.1. The standard InChI is InChI=1S/C11H18N4/c1-3-10(4-7-12)13-8-5-11-6-9-15(2)14-11/h6,9-10,13H,3-5,8H2,1-2H3. The molecule has 0 aromatic carbocycles. The van der Waals surface area contributed by atoms with Crippen LogP contribution in [0.25, 0.3) is 0 Å². The zero-order valence-electron chi connectivity index (χ0n) is 9.40. The maximum atomic E-state index is 8.58. The van der Waals surface area contributed by atoms with E-state index < -0.39 is 0 Å². The van der Waals surface area contributed by atoms with Crippen molar-refractivity contribution < 1.29 is 0 Å². The molecule has 0 fully saturated rings. The molecule has 0 radical (unpaired) electrons. The summed E-state index contributed by atoms with van der Waals surface area (Å²) < 4.78 is 1.81. The number of hydrogen-bond acceptors (Lipinski definition) is 3. The first-order valence-electron chi connectivity index (χ1n) is 5.35. The van der Waals surface area contributed by atoms with E-state index in [1.165, 1.54) is 0 Å². The van der Waals surface area contributed by atoms with E-state index in [1.807, 2.05) is 24.0 Å². The normalized spacial score (nSPS) is 12.3. The minimum absolute atomic E-state index is 0.318. The van der Waals surface area contributed by atoms with E-state index in [1.54, 1.807) is 0 Å². The molecule has 0 aliphatic heterocycles. The fourth-order valence-corrected chi connectivity index (χ4v) is 1.47. The van der Waals surface area contributed by atoms with E-state index in [2.05, 4.69) is 23.4 Å². The Hall–Kier alpha value is -1.34. The first-order valence-corrected chi connectivity index (χ1v) is 5.35. The van der Waals surface area contributed by atoms with Crippen molar-refractivity contribution in [3.63, 3.8) is 0 Å². The van der Waals surface area contributed by atoms with E-state index >= 15 is 0 Å². The number of nitrogens with one attached hydrogen (secondary N) is 1. The molecule has 1 rings (SSSR count). The molecule has 0 aliphatic rings. The summed E-state index contributed by atoms with van der Waals surface area (Å²) in [5.41, 5.74) is 1.09. The number of aryl methyl sites for hydroxylation is 1. The van der Waals surface area contributed by atoms with E-state index in [4.69, 9.17) is 5.26 Å². The molecule has 1 N–H and O–H groups in total. The maximum absolute atomic E-state index is 8.58. The summed E-state index contributed by atoms with van der Waals surface area (Å²) in [6.45, 7) is 2.98. The average molecular weight is 206 g/mol. The summed E-state index contributed by atoms with van der Waals surface area (Å²) in [5.74, 6) is 0. The fraction of sp³-hybridized carbons (Fsp3) is 0.636. The largest absolute Gasteiger partial charge is 0.313 e. The Labute approximate surface area is 90.9 Å². The van der Waals surface area contributed by atoms with Crippen LogP contribution in [0.15, 0.2) is 12.3 Å². The third-order valence-corrected chi connectivity index (χ3v) is 2.41. The smallest absolute Gasteiger partial charge is 0.0638 e. The minimum Gasteiger partial charge on any atom is -0.313 e. The van der Waals surface area contributed by atoms with Crippen LogP contribution in [-0.4, -0.2) is 22.4 Å². The highest BCUT2D eigenvalue weighted by molar-refractivity contribution is 4.99. The molecule has 0 amide bonds. The Balaban J connectivity index is 2.23. The lowest BCUT2D eigenvalue weighted by molar-refractivity contribution is 0.506. The first kappa shape index (κ1) is 11.7. The van der Waals surface area contributed by atoms with Crippen LogP contribution in [0, 0.1) is 11.3 Å². The van der Waals surface area contributed by atoms with Crippen LogP contribution in [0.3, 0.4) is 0 Å². The van der Waals surface area contributed by atoms with Crippen molar-refractivity contribution in [2.45, 2.75) is 32.2 Å². The summed E-state index contributed by atoms with van der Waals surface area (Å²) in [5, 5.41) is 16.2. The Morgan fingerprint density at radius 2 is 2.47 bits per heavy atom.